The van der Waals surface area contributed by atoms with E-state index in [1.807, 2.05) is 6.08 Å². The lowest BCUT2D eigenvalue weighted by atomic mass is 9.97. The highest BCUT2D eigenvalue weighted by Crippen LogP contribution is 2.39. The highest BCUT2D eigenvalue weighted by Gasteiger charge is 2.41. The second-order valence-electron chi connectivity index (χ2n) is 7.58. The fourth-order valence-corrected chi connectivity index (χ4v) is 3.56. The standard InChI is InChI=1S/C18H36O3Si/c1-11-16(20-8)17(15(3)12-14(2)13-19-7)21-22(9,10)18(4,5)6/h11-12,15-17H,1,13H2,2-10H3/b14-12-/t15-,16+,17+/m1/s1. The lowest BCUT2D eigenvalue weighted by Crippen LogP contribution is -2.49. The summed E-state index contributed by atoms with van der Waals surface area (Å²) in [6.07, 6.45) is 3.91. The van der Waals surface area contributed by atoms with Crippen LogP contribution in [0.25, 0.3) is 0 Å². The van der Waals surface area contributed by atoms with Gasteiger partial charge in [-0.25, -0.2) is 0 Å². The van der Waals surface area contributed by atoms with Gasteiger partial charge in [-0.2, -0.15) is 0 Å². The minimum Gasteiger partial charge on any atom is -0.410 e. The minimum atomic E-state index is -1.88. The monoisotopic (exact) mass is 328 g/mol. The molecule has 0 amide bonds. The molecule has 0 fully saturated rings. The zero-order chi connectivity index (χ0) is 17.6. The van der Waals surface area contributed by atoms with Crippen LogP contribution in [0.3, 0.4) is 0 Å². The molecule has 0 aliphatic heterocycles. The summed E-state index contributed by atoms with van der Waals surface area (Å²) in [4.78, 5) is 0. The van der Waals surface area contributed by atoms with Crippen LogP contribution in [0.15, 0.2) is 24.3 Å². The number of rotatable bonds is 9. The van der Waals surface area contributed by atoms with E-state index in [9.17, 15) is 0 Å². The van der Waals surface area contributed by atoms with Gasteiger partial charge in [-0.05, 0) is 25.1 Å². The Kier molecular flexibility index (Phi) is 8.84. The van der Waals surface area contributed by atoms with Gasteiger partial charge in [0.15, 0.2) is 8.32 Å². The van der Waals surface area contributed by atoms with E-state index in [2.05, 4.69) is 60.4 Å². The van der Waals surface area contributed by atoms with E-state index in [4.69, 9.17) is 13.9 Å². The zero-order valence-corrected chi connectivity index (χ0v) is 17.0. The summed E-state index contributed by atoms with van der Waals surface area (Å²) < 4.78 is 17.4. The molecular weight excluding hydrogens is 292 g/mol. The van der Waals surface area contributed by atoms with Crippen molar-refractivity contribution in [1.82, 2.24) is 0 Å². The summed E-state index contributed by atoms with van der Waals surface area (Å²) in [5.74, 6) is 0.229. The SMILES string of the molecule is C=C[C@H](OC)[C@@H](O[Si](C)(C)C(C)(C)C)[C@H](C)/C=C(/C)COC. The first-order valence-electron chi connectivity index (χ1n) is 7.99. The van der Waals surface area contributed by atoms with E-state index < -0.39 is 8.32 Å². The molecule has 0 aliphatic rings. The number of hydrogen-bond donors (Lipinski definition) is 0. The first-order chi connectivity index (χ1) is 10.00. The van der Waals surface area contributed by atoms with Crippen LogP contribution >= 0.6 is 0 Å². The maximum absolute atomic E-state index is 6.64. The van der Waals surface area contributed by atoms with Gasteiger partial charge in [-0.3, -0.25) is 0 Å². The summed E-state index contributed by atoms with van der Waals surface area (Å²) in [6, 6.07) is 0. The van der Waals surface area contributed by atoms with Gasteiger partial charge in [0.05, 0.1) is 12.7 Å². The van der Waals surface area contributed by atoms with Crippen LogP contribution in [-0.4, -0.2) is 41.4 Å². The molecule has 0 aromatic carbocycles. The lowest BCUT2D eigenvalue weighted by molar-refractivity contribution is 0.00587. The van der Waals surface area contributed by atoms with Crippen LogP contribution in [0, 0.1) is 5.92 Å². The van der Waals surface area contributed by atoms with Crippen molar-refractivity contribution in [2.75, 3.05) is 20.8 Å². The molecule has 0 rings (SSSR count). The van der Waals surface area contributed by atoms with Crippen LogP contribution in [-0.2, 0) is 13.9 Å². The van der Waals surface area contributed by atoms with Crippen LogP contribution in [0.2, 0.25) is 18.1 Å². The van der Waals surface area contributed by atoms with Gasteiger partial charge in [0.25, 0.3) is 0 Å². The minimum absolute atomic E-state index is 0.0322. The van der Waals surface area contributed by atoms with E-state index >= 15 is 0 Å². The van der Waals surface area contributed by atoms with Crippen LogP contribution < -0.4 is 0 Å². The second-order valence-corrected chi connectivity index (χ2v) is 12.3. The van der Waals surface area contributed by atoms with E-state index in [1.165, 1.54) is 5.57 Å². The average molecular weight is 329 g/mol. The van der Waals surface area contributed by atoms with Crippen LogP contribution in [0.5, 0.6) is 0 Å². The summed E-state index contributed by atoms with van der Waals surface area (Å²) in [5.41, 5.74) is 1.21. The smallest absolute Gasteiger partial charge is 0.192 e. The molecule has 0 bridgehead atoms. The molecule has 0 N–H and O–H groups in total. The van der Waals surface area contributed by atoms with Gasteiger partial charge in [0, 0.05) is 20.1 Å². The van der Waals surface area contributed by atoms with Crippen molar-refractivity contribution in [3.63, 3.8) is 0 Å². The fraction of sp³-hybridized carbons (Fsp3) is 0.778. The third-order valence-corrected chi connectivity index (χ3v) is 8.98. The molecule has 0 aromatic rings. The second kappa shape index (κ2) is 9.01. The van der Waals surface area contributed by atoms with E-state index in [1.54, 1.807) is 14.2 Å². The summed E-state index contributed by atoms with van der Waals surface area (Å²) in [5, 5.41) is 0.162. The first-order valence-corrected chi connectivity index (χ1v) is 10.9. The Morgan fingerprint density at radius 3 is 2.14 bits per heavy atom. The third kappa shape index (κ3) is 6.37. The van der Waals surface area contributed by atoms with Crippen molar-refractivity contribution in [3.8, 4) is 0 Å². The Morgan fingerprint density at radius 1 is 1.23 bits per heavy atom. The van der Waals surface area contributed by atoms with Crippen molar-refractivity contribution >= 4 is 8.32 Å². The summed E-state index contributed by atoms with van der Waals surface area (Å²) in [6.45, 7) is 20.1. The number of ether oxygens (including phenoxy) is 2. The maximum Gasteiger partial charge on any atom is 0.192 e. The molecule has 3 atom stereocenters. The molecule has 130 valence electrons. The fourth-order valence-electron chi connectivity index (χ4n) is 2.17. The van der Waals surface area contributed by atoms with Crippen molar-refractivity contribution in [1.29, 1.82) is 0 Å². The molecule has 0 saturated heterocycles. The summed E-state index contributed by atoms with van der Waals surface area (Å²) >= 11 is 0. The maximum atomic E-state index is 6.64. The van der Waals surface area contributed by atoms with E-state index in [0.717, 1.165) is 0 Å². The van der Waals surface area contributed by atoms with E-state index in [-0.39, 0.29) is 23.2 Å². The Labute approximate surface area is 138 Å². The molecule has 0 heterocycles. The van der Waals surface area contributed by atoms with E-state index in [0.29, 0.717) is 6.61 Å². The predicted octanol–water partition coefficient (Wildman–Crippen LogP) is 4.81. The van der Waals surface area contributed by atoms with Crippen molar-refractivity contribution in [2.45, 2.75) is 65.0 Å². The Morgan fingerprint density at radius 2 is 1.77 bits per heavy atom. The van der Waals surface area contributed by atoms with Crippen LogP contribution in [0.4, 0.5) is 0 Å². The van der Waals surface area contributed by atoms with Gasteiger partial charge >= 0.3 is 0 Å². The van der Waals surface area contributed by atoms with Crippen LogP contribution in [0.1, 0.15) is 34.6 Å². The molecule has 0 aliphatic carbocycles. The first kappa shape index (κ1) is 21.6. The Bertz CT molecular complexity index is 369. The molecule has 0 radical (unpaired) electrons. The number of methoxy groups -OCH3 is 2. The van der Waals surface area contributed by atoms with Gasteiger partial charge < -0.3 is 13.9 Å². The number of hydrogen-bond acceptors (Lipinski definition) is 3. The highest BCUT2D eigenvalue weighted by molar-refractivity contribution is 6.74. The van der Waals surface area contributed by atoms with Crippen molar-refractivity contribution in [2.24, 2.45) is 5.92 Å². The largest absolute Gasteiger partial charge is 0.410 e. The molecule has 22 heavy (non-hydrogen) atoms. The Hall–Kier alpha value is -0.423. The molecule has 0 saturated carbocycles. The lowest BCUT2D eigenvalue weighted by Gasteiger charge is -2.42. The summed E-state index contributed by atoms with van der Waals surface area (Å²) in [7, 11) is 1.55. The van der Waals surface area contributed by atoms with Gasteiger partial charge in [0.1, 0.15) is 6.10 Å². The Balaban J connectivity index is 5.39. The van der Waals surface area contributed by atoms with Crippen molar-refractivity contribution in [3.05, 3.63) is 24.3 Å². The molecular formula is C18H36O3Si. The van der Waals surface area contributed by atoms with Gasteiger partial charge in [0.2, 0.25) is 0 Å². The predicted molar refractivity (Wildman–Crippen MR) is 97.9 cm³/mol. The topological polar surface area (TPSA) is 27.7 Å². The van der Waals surface area contributed by atoms with Gasteiger partial charge in [-0.1, -0.05) is 45.4 Å². The van der Waals surface area contributed by atoms with Crippen molar-refractivity contribution < 1.29 is 13.9 Å². The molecule has 0 spiro atoms. The quantitative estimate of drug-likeness (QED) is 0.449. The average Bonchev–Trinajstić information content (AvgIpc) is 2.37. The zero-order valence-electron chi connectivity index (χ0n) is 16.0. The normalized spacial score (nSPS) is 18.0. The molecule has 0 unspecified atom stereocenters. The molecule has 3 nitrogen and oxygen atoms in total. The highest BCUT2D eigenvalue weighted by atomic mass is 28.4. The molecule has 0 aromatic heterocycles. The third-order valence-electron chi connectivity index (χ3n) is 4.50. The molecule has 4 heteroatoms. The van der Waals surface area contributed by atoms with Gasteiger partial charge in [-0.15, -0.1) is 6.58 Å².